The molecule has 2 saturated heterocycles. The van der Waals surface area contributed by atoms with Crippen LogP contribution in [0.4, 0.5) is 13.2 Å². The van der Waals surface area contributed by atoms with Crippen molar-refractivity contribution in [1.29, 1.82) is 0 Å². The third-order valence-electron chi connectivity index (χ3n) is 8.90. The maximum atomic E-state index is 13.7. The number of benzene rings is 3. The molecule has 3 aromatic rings. The summed E-state index contributed by atoms with van der Waals surface area (Å²) in [6, 6.07) is 20.1. The number of carbonyl (C=O) groups is 2. The smallest absolute Gasteiger partial charge is 0.465 e. The predicted molar refractivity (Wildman–Crippen MR) is 147 cm³/mol. The van der Waals surface area contributed by atoms with Crippen LogP contribution in [-0.4, -0.2) is 72.3 Å². The molecule has 0 aromatic heterocycles. The van der Waals surface area contributed by atoms with Crippen molar-refractivity contribution in [3.05, 3.63) is 83.4 Å². The minimum Gasteiger partial charge on any atom is -0.465 e. The molecule has 2 heterocycles. The van der Waals surface area contributed by atoms with Crippen molar-refractivity contribution in [3.63, 3.8) is 0 Å². The van der Waals surface area contributed by atoms with Crippen LogP contribution in [0, 0.1) is 0 Å². The van der Waals surface area contributed by atoms with Crippen LogP contribution in [0.1, 0.15) is 53.1 Å². The van der Waals surface area contributed by atoms with Gasteiger partial charge in [0.05, 0.1) is 30.9 Å². The van der Waals surface area contributed by atoms with Crippen molar-refractivity contribution in [3.8, 4) is 0 Å². The first-order valence-electron chi connectivity index (χ1n) is 14.1. The molecule has 0 bridgehead atoms. The molecule has 1 unspecified atom stereocenters. The summed E-state index contributed by atoms with van der Waals surface area (Å²) in [5.41, 5.74) is 2.12. The van der Waals surface area contributed by atoms with Crippen LogP contribution in [0.5, 0.6) is 0 Å². The van der Waals surface area contributed by atoms with Gasteiger partial charge in [-0.15, -0.1) is 0 Å². The average Bonchev–Trinajstić information content (AvgIpc) is 3.66. The molecule has 1 spiro atoms. The number of hydrogen-bond donors (Lipinski definition) is 0. The number of fused-ring (bicyclic) bond motifs is 1. The Morgan fingerprint density at radius 3 is 2.44 bits per heavy atom. The number of esters is 1. The molecule has 0 radical (unpaired) electrons. The molecule has 41 heavy (non-hydrogen) atoms. The summed E-state index contributed by atoms with van der Waals surface area (Å²) in [6.07, 6.45) is -2.53. The number of amides is 1. The lowest BCUT2D eigenvalue weighted by molar-refractivity contribution is -0.188. The molecule has 216 valence electrons. The topological polar surface area (TPSA) is 59.1 Å². The molecular formula is C32H33F3N2O4. The molecule has 3 aromatic carbocycles. The number of carbonyl (C=O) groups excluding carboxylic acids is 2. The molecule has 3 atom stereocenters. The van der Waals surface area contributed by atoms with Crippen molar-refractivity contribution < 1.29 is 32.2 Å². The van der Waals surface area contributed by atoms with Crippen LogP contribution in [-0.2, 0) is 20.8 Å². The third kappa shape index (κ3) is 5.70. The normalized spacial score (nSPS) is 24.0. The highest BCUT2D eigenvalue weighted by molar-refractivity contribution is 5.95. The van der Waals surface area contributed by atoms with E-state index in [9.17, 15) is 22.8 Å². The summed E-state index contributed by atoms with van der Waals surface area (Å²) >= 11 is 0. The van der Waals surface area contributed by atoms with E-state index in [0.29, 0.717) is 31.2 Å². The van der Waals surface area contributed by atoms with E-state index in [2.05, 4.69) is 17.0 Å². The van der Waals surface area contributed by atoms with Gasteiger partial charge in [-0.2, -0.15) is 13.2 Å². The van der Waals surface area contributed by atoms with Crippen molar-refractivity contribution in [2.45, 2.75) is 62.0 Å². The number of halogens is 3. The second kappa shape index (κ2) is 10.8. The summed E-state index contributed by atoms with van der Waals surface area (Å²) < 4.78 is 52.1. The summed E-state index contributed by atoms with van der Waals surface area (Å²) in [4.78, 5) is 27.9. The number of hydrogen-bond acceptors (Lipinski definition) is 5. The molecular weight excluding hydrogens is 533 g/mol. The van der Waals surface area contributed by atoms with Crippen LogP contribution >= 0.6 is 0 Å². The van der Waals surface area contributed by atoms with Gasteiger partial charge in [0, 0.05) is 31.6 Å². The van der Waals surface area contributed by atoms with E-state index >= 15 is 0 Å². The van der Waals surface area contributed by atoms with Crippen molar-refractivity contribution in [2.24, 2.45) is 0 Å². The van der Waals surface area contributed by atoms with Gasteiger partial charge < -0.3 is 14.4 Å². The lowest BCUT2D eigenvalue weighted by Gasteiger charge is -2.39. The highest BCUT2D eigenvalue weighted by Crippen LogP contribution is 2.49. The first kappa shape index (κ1) is 27.7. The van der Waals surface area contributed by atoms with Crippen LogP contribution in [0.3, 0.4) is 0 Å². The van der Waals surface area contributed by atoms with E-state index in [1.165, 1.54) is 7.11 Å². The largest absolute Gasteiger partial charge is 0.471 e. The van der Waals surface area contributed by atoms with E-state index in [0.717, 1.165) is 46.4 Å². The summed E-state index contributed by atoms with van der Waals surface area (Å²) in [5, 5.41) is 2.00. The SMILES string of the molecule is COC(=O)c1ccc2cc(CN3CCC4(CC3)CC(N(C(=O)C(F)(F)F)[C@@H]3C[C@H]3c3ccccc3)CO4)ccc2c1. The van der Waals surface area contributed by atoms with Gasteiger partial charge in [0.1, 0.15) is 0 Å². The van der Waals surface area contributed by atoms with Gasteiger partial charge >= 0.3 is 18.1 Å². The minimum absolute atomic E-state index is 0.0742. The van der Waals surface area contributed by atoms with Crippen LogP contribution in [0.2, 0.25) is 0 Å². The van der Waals surface area contributed by atoms with E-state index < -0.39 is 29.8 Å². The van der Waals surface area contributed by atoms with Crippen molar-refractivity contribution >= 4 is 22.6 Å². The van der Waals surface area contributed by atoms with E-state index in [1.807, 2.05) is 48.5 Å². The Morgan fingerprint density at radius 1 is 1.02 bits per heavy atom. The van der Waals surface area contributed by atoms with E-state index in [4.69, 9.17) is 9.47 Å². The van der Waals surface area contributed by atoms with Crippen LogP contribution < -0.4 is 0 Å². The Kier molecular flexibility index (Phi) is 7.28. The van der Waals surface area contributed by atoms with Gasteiger partial charge in [0.25, 0.3) is 0 Å². The van der Waals surface area contributed by atoms with Crippen LogP contribution in [0.25, 0.3) is 10.8 Å². The average molecular weight is 567 g/mol. The molecule has 0 N–H and O–H groups in total. The number of likely N-dealkylation sites (tertiary alicyclic amines) is 1. The molecule has 1 aliphatic carbocycles. The second-order valence-electron chi connectivity index (χ2n) is 11.5. The van der Waals surface area contributed by atoms with Gasteiger partial charge in [-0.3, -0.25) is 9.69 Å². The number of piperidine rings is 1. The molecule has 1 saturated carbocycles. The van der Waals surface area contributed by atoms with Crippen molar-refractivity contribution in [1.82, 2.24) is 9.80 Å². The fourth-order valence-electron chi connectivity index (χ4n) is 6.64. The minimum atomic E-state index is -4.91. The Morgan fingerprint density at radius 2 is 1.73 bits per heavy atom. The molecule has 3 fully saturated rings. The van der Waals surface area contributed by atoms with Gasteiger partial charge in [-0.05, 0) is 65.8 Å². The predicted octanol–water partition coefficient (Wildman–Crippen LogP) is 5.70. The zero-order chi connectivity index (χ0) is 28.8. The summed E-state index contributed by atoms with van der Waals surface area (Å²) in [7, 11) is 1.36. The number of methoxy groups -OCH3 is 1. The molecule has 9 heteroatoms. The van der Waals surface area contributed by atoms with Gasteiger partial charge in [-0.1, -0.05) is 48.5 Å². The molecule has 6 nitrogen and oxygen atoms in total. The Hall–Kier alpha value is -3.43. The van der Waals surface area contributed by atoms with Gasteiger partial charge in [-0.25, -0.2) is 4.79 Å². The number of alkyl halides is 3. The summed E-state index contributed by atoms with van der Waals surface area (Å²) in [5.74, 6) is -2.19. The quantitative estimate of drug-likeness (QED) is 0.359. The zero-order valence-electron chi connectivity index (χ0n) is 22.9. The lowest BCUT2D eigenvalue weighted by atomic mass is 9.86. The number of nitrogens with zero attached hydrogens (tertiary/aromatic N) is 2. The number of rotatable bonds is 6. The fourth-order valence-corrected chi connectivity index (χ4v) is 6.64. The zero-order valence-corrected chi connectivity index (χ0v) is 22.9. The highest BCUT2D eigenvalue weighted by Gasteiger charge is 2.57. The Bertz CT molecular complexity index is 1440. The first-order valence-corrected chi connectivity index (χ1v) is 14.1. The number of ether oxygens (including phenoxy) is 2. The van der Waals surface area contributed by atoms with Crippen molar-refractivity contribution in [2.75, 3.05) is 26.8 Å². The van der Waals surface area contributed by atoms with E-state index in [1.54, 1.807) is 6.07 Å². The molecule has 3 aliphatic rings. The highest BCUT2D eigenvalue weighted by atomic mass is 19.4. The van der Waals surface area contributed by atoms with Gasteiger partial charge in [0.2, 0.25) is 0 Å². The molecule has 1 amide bonds. The summed E-state index contributed by atoms with van der Waals surface area (Å²) in [6.45, 7) is 2.40. The standard InChI is InChI=1S/C32H33F3N2O4/c1-40-29(38)25-10-9-23-15-21(7-8-24(23)16-25)19-36-13-11-31(12-14-36)18-26(20-41-31)37(30(39)32(33,34)35)28-17-27(28)22-5-3-2-4-6-22/h2-10,15-16,26-28H,11-14,17-20H2,1H3/t26?,27-,28+/m0/s1. The molecule has 6 rings (SSSR count). The maximum Gasteiger partial charge on any atom is 0.471 e. The fraction of sp³-hybridized carbons (Fsp3) is 0.438. The maximum absolute atomic E-state index is 13.7. The van der Waals surface area contributed by atoms with Gasteiger partial charge in [0.15, 0.2) is 0 Å². The Balaban J connectivity index is 1.09. The lowest BCUT2D eigenvalue weighted by Crippen LogP contribution is -2.50. The Labute approximate surface area is 237 Å². The molecule has 2 aliphatic heterocycles. The second-order valence-corrected chi connectivity index (χ2v) is 11.5. The first-order chi connectivity index (χ1) is 19.7. The monoisotopic (exact) mass is 566 g/mol. The van der Waals surface area contributed by atoms with E-state index in [-0.39, 0.29) is 18.5 Å². The van der Waals surface area contributed by atoms with Crippen LogP contribution in [0.15, 0.2) is 66.7 Å². The third-order valence-corrected chi connectivity index (χ3v) is 8.90.